The summed E-state index contributed by atoms with van der Waals surface area (Å²) in [6.07, 6.45) is -5.88. The molecule has 1 aliphatic heterocycles. The number of hydrogen-bond acceptors (Lipinski definition) is 6. The van der Waals surface area contributed by atoms with E-state index in [4.69, 9.17) is 26.2 Å². The van der Waals surface area contributed by atoms with Crippen LogP contribution in [0.25, 0.3) is 0 Å². The van der Waals surface area contributed by atoms with Gasteiger partial charge in [0.25, 0.3) is 0 Å². The number of aliphatic hydroxyl groups is 2. The Balaban J connectivity index is 2.64. The van der Waals surface area contributed by atoms with Crippen molar-refractivity contribution >= 4 is 21.5 Å². The standard InChI is InChI=1S/C13H13B2F2N3O4/c1-6-5-7(18)19-11(22)20(6)10-12(17,3-2-4-16)8(21)9(24-10)13(14,15)23/h5,8-10,21,23H,4H2,1H3,(H2,18,19,22)/t8?,9?,10-,12-/m1/s1. The lowest BCUT2D eigenvalue weighted by Gasteiger charge is -2.29. The molecule has 2 unspecified atom stereocenters. The van der Waals surface area contributed by atoms with Crippen LogP contribution in [0.1, 0.15) is 11.9 Å². The summed E-state index contributed by atoms with van der Waals surface area (Å²) in [5.41, 5.74) is 1.59. The van der Waals surface area contributed by atoms with Crippen molar-refractivity contribution in [1.29, 1.82) is 0 Å². The maximum atomic E-state index is 15.3. The van der Waals surface area contributed by atoms with Gasteiger partial charge < -0.3 is 20.7 Å². The molecule has 0 aliphatic carbocycles. The van der Waals surface area contributed by atoms with Gasteiger partial charge in [0.1, 0.15) is 40.4 Å². The summed E-state index contributed by atoms with van der Waals surface area (Å²) in [5.74, 6) is 3.58. The second kappa shape index (κ2) is 6.20. The summed E-state index contributed by atoms with van der Waals surface area (Å²) in [5, 5.41) is 17.1. The fourth-order valence-corrected chi connectivity index (χ4v) is 2.51. The normalized spacial score (nSPS) is 30.0. The lowest BCUT2D eigenvalue weighted by Crippen LogP contribution is -2.52. The number of hydrogen-bond donors (Lipinski definition) is 3. The molecule has 0 bridgehead atoms. The Morgan fingerprint density at radius 1 is 1.62 bits per heavy atom. The maximum absolute atomic E-state index is 15.3. The molecule has 7 nitrogen and oxygen atoms in total. The van der Waals surface area contributed by atoms with E-state index in [0.717, 1.165) is 4.57 Å². The third kappa shape index (κ3) is 3.04. The van der Waals surface area contributed by atoms with Crippen molar-refractivity contribution in [2.45, 2.75) is 36.4 Å². The number of alkyl halides is 2. The number of nitrogens with zero attached hydrogens (tertiary/aromatic N) is 2. The largest absolute Gasteiger partial charge is 0.406 e. The zero-order chi connectivity index (χ0) is 18.3. The highest BCUT2D eigenvalue weighted by atomic mass is 19.1. The van der Waals surface area contributed by atoms with Crippen molar-refractivity contribution in [1.82, 2.24) is 9.55 Å². The zero-order valence-corrected chi connectivity index (χ0v) is 12.6. The van der Waals surface area contributed by atoms with E-state index in [1.54, 1.807) is 0 Å². The van der Waals surface area contributed by atoms with Crippen LogP contribution in [0.15, 0.2) is 10.9 Å². The van der Waals surface area contributed by atoms with Crippen LogP contribution in [0.2, 0.25) is 0 Å². The van der Waals surface area contributed by atoms with Crippen molar-refractivity contribution in [2.75, 3.05) is 12.4 Å². The molecule has 0 aromatic carbocycles. The number of aryl methyl sites for hydroxylation is 1. The van der Waals surface area contributed by atoms with Gasteiger partial charge in [0.2, 0.25) is 5.67 Å². The van der Waals surface area contributed by atoms with Crippen LogP contribution in [0.5, 0.6) is 0 Å². The van der Waals surface area contributed by atoms with Crippen molar-refractivity contribution in [3.63, 3.8) is 0 Å². The molecule has 24 heavy (non-hydrogen) atoms. The quantitative estimate of drug-likeness (QED) is 0.428. The Labute approximate surface area is 138 Å². The highest BCUT2D eigenvalue weighted by Crippen LogP contribution is 2.43. The Morgan fingerprint density at radius 3 is 2.75 bits per heavy atom. The van der Waals surface area contributed by atoms with Crippen LogP contribution in [0, 0.1) is 18.8 Å². The number of aromatic nitrogens is 2. The third-order valence-corrected chi connectivity index (χ3v) is 3.56. The van der Waals surface area contributed by atoms with E-state index >= 15 is 4.39 Å². The molecule has 1 saturated heterocycles. The number of rotatable bonds is 2. The smallest absolute Gasteiger partial charge is 0.351 e. The molecule has 4 atom stereocenters. The van der Waals surface area contributed by atoms with Crippen LogP contribution in [-0.4, -0.2) is 65.4 Å². The second-order valence-corrected chi connectivity index (χ2v) is 5.42. The van der Waals surface area contributed by atoms with Gasteiger partial charge in [-0.3, -0.25) is 4.57 Å². The SMILES string of the molecule is [B]C([B])(O)C1O[C@@H](n2c(C)cc(N)nc2=O)[C@@](F)(C#CCF)C1O. The lowest BCUT2D eigenvalue weighted by atomic mass is 9.60. The Bertz CT molecular complexity index is 758. The van der Waals surface area contributed by atoms with Crippen molar-refractivity contribution < 1.29 is 23.7 Å². The minimum atomic E-state index is -2.98. The number of nitrogen functional groups attached to an aromatic ring is 1. The molecule has 1 aromatic rings. The fraction of sp³-hybridized carbons (Fsp3) is 0.538. The van der Waals surface area contributed by atoms with Crippen molar-refractivity contribution in [2.24, 2.45) is 0 Å². The molecule has 2 rings (SSSR count). The molecule has 0 amide bonds. The molecule has 11 heteroatoms. The molecular formula is C13H13B2F2N3O4. The number of anilines is 1. The molecule has 1 fully saturated rings. The molecule has 124 valence electrons. The Hall–Kier alpha value is -1.89. The number of nitrogens with two attached hydrogens (primary N) is 1. The fourth-order valence-electron chi connectivity index (χ4n) is 2.51. The van der Waals surface area contributed by atoms with Crippen LogP contribution < -0.4 is 11.4 Å². The molecular weight excluding hydrogens is 322 g/mol. The summed E-state index contributed by atoms with van der Waals surface area (Å²) in [4.78, 5) is 15.5. The van der Waals surface area contributed by atoms with Gasteiger partial charge in [-0.1, -0.05) is 11.8 Å². The van der Waals surface area contributed by atoms with E-state index in [1.165, 1.54) is 13.0 Å². The molecule has 0 saturated carbocycles. The number of ether oxygens (including phenoxy) is 1. The summed E-state index contributed by atoms with van der Waals surface area (Å²) >= 11 is 0. The number of aliphatic hydroxyl groups excluding tert-OH is 1. The van der Waals surface area contributed by atoms with Gasteiger partial charge in [0.05, 0.1) is 0 Å². The average molecular weight is 335 g/mol. The van der Waals surface area contributed by atoms with Crippen LogP contribution in [0.4, 0.5) is 14.6 Å². The third-order valence-electron chi connectivity index (χ3n) is 3.56. The van der Waals surface area contributed by atoms with Crippen molar-refractivity contribution in [3.8, 4) is 11.8 Å². The van der Waals surface area contributed by atoms with Crippen LogP contribution >= 0.6 is 0 Å². The van der Waals surface area contributed by atoms with E-state index in [2.05, 4.69) is 4.98 Å². The molecule has 2 heterocycles. The highest BCUT2D eigenvalue weighted by Gasteiger charge is 2.61. The van der Waals surface area contributed by atoms with E-state index in [1.807, 2.05) is 11.8 Å². The van der Waals surface area contributed by atoms with E-state index in [-0.39, 0.29) is 11.5 Å². The average Bonchev–Trinajstić information content (AvgIpc) is 2.69. The van der Waals surface area contributed by atoms with Crippen LogP contribution in [-0.2, 0) is 4.74 Å². The Morgan fingerprint density at radius 2 is 2.25 bits per heavy atom. The summed E-state index contributed by atoms with van der Waals surface area (Å²) < 4.78 is 33.6. The predicted octanol–water partition coefficient (Wildman–Crippen LogP) is -1.94. The first-order valence-electron chi connectivity index (χ1n) is 6.76. The molecule has 4 radical (unpaired) electrons. The highest BCUT2D eigenvalue weighted by molar-refractivity contribution is 6.39. The van der Waals surface area contributed by atoms with Crippen molar-refractivity contribution in [3.05, 3.63) is 22.2 Å². The van der Waals surface area contributed by atoms with Gasteiger partial charge in [0.15, 0.2) is 6.23 Å². The van der Waals surface area contributed by atoms with E-state index in [9.17, 15) is 19.4 Å². The minimum Gasteiger partial charge on any atom is -0.406 e. The van der Waals surface area contributed by atoms with Gasteiger partial charge in [-0.05, 0) is 13.0 Å². The summed E-state index contributed by atoms with van der Waals surface area (Å²) in [7, 11) is 10.5. The lowest BCUT2D eigenvalue weighted by molar-refractivity contribution is -0.0772. The summed E-state index contributed by atoms with van der Waals surface area (Å²) in [6.45, 7) is 0.196. The van der Waals surface area contributed by atoms with Gasteiger partial charge >= 0.3 is 5.69 Å². The molecule has 4 N–H and O–H groups in total. The Kier molecular flexibility index (Phi) is 4.77. The van der Waals surface area contributed by atoms with Crippen LogP contribution in [0.3, 0.4) is 0 Å². The van der Waals surface area contributed by atoms with Gasteiger partial charge in [-0.2, -0.15) is 4.98 Å². The monoisotopic (exact) mass is 335 g/mol. The first-order chi connectivity index (χ1) is 11.0. The minimum absolute atomic E-state index is 0.114. The molecule has 1 aromatic heterocycles. The topological polar surface area (TPSA) is 111 Å². The van der Waals surface area contributed by atoms with Gasteiger partial charge in [-0.25, -0.2) is 13.6 Å². The van der Waals surface area contributed by atoms with E-state index < -0.39 is 41.9 Å². The van der Waals surface area contributed by atoms with E-state index in [0.29, 0.717) is 0 Å². The maximum Gasteiger partial charge on any atom is 0.351 e. The van der Waals surface area contributed by atoms with Gasteiger partial charge in [-0.15, -0.1) is 0 Å². The zero-order valence-electron chi connectivity index (χ0n) is 12.6. The molecule has 1 aliphatic rings. The summed E-state index contributed by atoms with van der Waals surface area (Å²) in [6, 6.07) is 1.25. The molecule has 0 spiro atoms. The van der Waals surface area contributed by atoms with Gasteiger partial charge in [0, 0.05) is 11.1 Å². The number of halogens is 2. The first-order valence-corrected chi connectivity index (χ1v) is 6.76. The predicted molar refractivity (Wildman–Crippen MR) is 81.6 cm³/mol. The second-order valence-electron chi connectivity index (χ2n) is 5.42. The first kappa shape index (κ1) is 18.4.